The van der Waals surface area contributed by atoms with Gasteiger partial charge in [-0.25, -0.2) is 0 Å². The van der Waals surface area contributed by atoms with Crippen LogP contribution in [0.2, 0.25) is 0 Å². The highest BCUT2D eigenvalue weighted by atomic mass is 16.3. The molecular weight excluding hydrogens is 250 g/mol. The van der Waals surface area contributed by atoms with E-state index < -0.39 is 0 Å². The highest BCUT2D eigenvalue weighted by molar-refractivity contribution is 5.87. The van der Waals surface area contributed by atoms with Crippen LogP contribution in [0.4, 0.5) is 5.69 Å². The fraction of sp³-hybridized carbons (Fsp3) is 0.235. The van der Waals surface area contributed by atoms with Gasteiger partial charge in [0.1, 0.15) is 0 Å². The van der Waals surface area contributed by atoms with Gasteiger partial charge in [0.2, 0.25) is 0 Å². The first-order valence-corrected chi connectivity index (χ1v) is 6.83. The van der Waals surface area contributed by atoms with E-state index in [-0.39, 0.29) is 11.5 Å². The quantitative estimate of drug-likeness (QED) is 0.651. The number of aliphatic imine (C=N–C) groups is 1. The Balaban J connectivity index is 2.43. The lowest BCUT2D eigenvalue weighted by Crippen LogP contribution is -1.90. The van der Waals surface area contributed by atoms with Crippen LogP contribution in [-0.4, -0.2) is 16.4 Å². The molecule has 2 rings (SSSR count). The van der Waals surface area contributed by atoms with Crippen LogP contribution in [0, 0.1) is 0 Å². The third-order valence-electron chi connectivity index (χ3n) is 3.34. The predicted molar refractivity (Wildman–Crippen MR) is 82.2 cm³/mol. The van der Waals surface area contributed by atoms with Gasteiger partial charge in [0.05, 0.1) is 5.69 Å². The van der Waals surface area contributed by atoms with Crippen molar-refractivity contribution in [2.24, 2.45) is 4.99 Å². The zero-order valence-electron chi connectivity index (χ0n) is 11.8. The maximum Gasteiger partial charge on any atom is 0.166 e. The molecule has 0 spiro atoms. The first kappa shape index (κ1) is 14.1. The maximum absolute atomic E-state index is 9.79. The molecule has 2 N–H and O–H groups in total. The van der Waals surface area contributed by atoms with E-state index in [0.29, 0.717) is 5.56 Å². The SMILES string of the molecule is CCc1cccc(CC)c1N=Cc1cccc(O)c1O. The molecule has 0 aliphatic carbocycles. The van der Waals surface area contributed by atoms with Crippen molar-refractivity contribution in [2.45, 2.75) is 26.7 Å². The van der Waals surface area contributed by atoms with E-state index in [1.165, 1.54) is 17.2 Å². The second-order valence-electron chi connectivity index (χ2n) is 4.61. The Morgan fingerprint density at radius 2 is 1.55 bits per heavy atom. The average molecular weight is 269 g/mol. The van der Waals surface area contributed by atoms with E-state index in [0.717, 1.165) is 18.5 Å². The number of aryl methyl sites for hydroxylation is 2. The van der Waals surface area contributed by atoms with Gasteiger partial charge in [-0.1, -0.05) is 38.1 Å². The highest BCUT2D eigenvalue weighted by Crippen LogP contribution is 2.29. The highest BCUT2D eigenvalue weighted by Gasteiger charge is 2.06. The Labute approximate surface area is 119 Å². The standard InChI is InChI=1S/C17H19NO2/c1-3-12-7-5-8-13(4-2)16(12)18-11-14-9-6-10-15(19)17(14)20/h5-11,19-20H,3-4H2,1-2H3. The van der Waals surface area contributed by atoms with Crippen molar-refractivity contribution in [2.75, 3.05) is 0 Å². The van der Waals surface area contributed by atoms with E-state index in [1.54, 1.807) is 18.3 Å². The average Bonchev–Trinajstić information content (AvgIpc) is 2.48. The van der Waals surface area contributed by atoms with Gasteiger partial charge in [-0.2, -0.15) is 0 Å². The van der Waals surface area contributed by atoms with Gasteiger partial charge in [-0.05, 0) is 36.1 Å². The van der Waals surface area contributed by atoms with Crippen molar-refractivity contribution < 1.29 is 10.2 Å². The van der Waals surface area contributed by atoms with Crippen molar-refractivity contribution in [1.29, 1.82) is 0 Å². The number of hydrogen-bond acceptors (Lipinski definition) is 3. The fourth-order valence-electron chi connectivity index (χ4n) is 2.17. The molecule has 0 unspecified atom stereocenters. The molecule has 0 radical (unpaired) electrons. The summed E-state index contributed by atoms with van der Waals surface area (Å²) in [6.07, 6.45) is 3.42. The van der Waals surface area contributed by atoms with Crippen LogP contribution in [0.3, 0.4) is 0 Å². The second kappa shape index (κ2) is 6.24. The summed E-state index contributed by atoms with van der Waals surface area (Å²) in [6.45, 7) is 4.19. The Kier molecular flexibility index (Phi) is 4.41. The third kappa shape index (κ3) is 2.82. The summed E-state index contributed by atoms with van der Waals surface area (Å²) >= 11 is 0. The number of rotatable bonds is 4. The van der Waals surface area contributed by atoms with Crippen molar-refractivity contribution in [3.05, 3.63) is 53.1 Å². The van der Waals surface area contributed by atoms with Gasteiger partial charge in [0.15, 0.2) is 11.5 Å². The smallest absolute Gasteiger partial charge is 0.166 e. The molecule has 0 aromatic heterocycles. The normalized spacial score (nSPS) is 11.1. The van der Waals surface area contributed by atoms with E-state index in [4.69, 9.17) is 0 Å². The summed E-state index contributed by atoms with van der Waals surface area (Å²) in [7, 11) is 0. The molecule has 0 aliphatic heterocycles. The minimum Gasteiger partial charge on any atom is -0.504 e. The molecule has 0 saturated carbocycles. The molecule has 2 aromatic rings. The first-order chi connectivity index (χ1) is 9.67. The van der Waals surface area contributed by atoms with Gasteiger partial charge in [-0.15, -0.1) is 0 Å². The summed E-state index contributed by atoms with van der Waals surface area (Å²) in [5.41, 5.74) is 3.83. The Morgan fingerprint density at radius 1 is 0.950 bits per heavy atom. The molecule has 104 valence electrons. The van der Waals surface area contributed by atoms with Gasteiger partial charge in [0, 0.05) is 11.8 Å². The number of para-hydroxylation sites is 2. The molecule has 2 aromatic carbocycles. The molecule has 0 atom stereocenters. The number of phenolic OH excluding ortho intramolecular Hbond substituents is 2. The molecule has 0 saturated heterocycles. The van der Waals surface area contributed by atoms with Crippen molar-refractivity contribution >= 4 is 11.9 Å². The monoisotopic (exact) mass is 269 g/mol. The summed E-state index contributed by atoms with van der Waals surface area (Å²) in [5.74, 6) is -0.267. The zero-order chi connectivity index (χ0) is 14.5. The minimum absolute atomic E-state index is 0.131. The van der Waals surface area contributed by atoms with Gasteiger partial charge < -0.3 is 10.2 Å². The van der Waals surface area contributed by atoms with Crippen LogP contribution in [0.5, 0.6) is 11.5 Å². The molecule has 0 aliphatic rings. The largest absolute Gasteiger partial charge is 0.504 e. The van der Waals surface area contributed by atoms with E-state index in [1.807, 2.05) is 6.07 Å². The van der Waals surface area contributed by atoms with Crippen LogP contribution < -0.4 is 0 Å². The molecule has 3 heteroatoms. The number of hydrogen-bond donors (Lipinski definition) is 2. The molecule has 3 nitrogen and oxygen atoms in total. The molecule has 0 bridgehead atoms. The minimum atomic E-state index is -0.136. The molecule has 0 fully saturated rings. The Bertz CT molecular complexity index is 611. The van der Waals surface area contributed by atoms with Gasteiger partial charge in [-0.3, -0.25) is 4.99 Å². The number of benzene rings is 2. The Hall–Kier alpha value is -2.29. The number of aromatic hydroxyl groups is 2. The summed E-state index contributed by atoms with van der Waals surface area (Å²) in [6, 6.07) is 11.0. The van der Waals surface area contributed by atoms with E-state index >= 15 is 0 Å². The van der Waals surface area contributed by atoms with Crippen molar-refractivity contribution in [3.63, 3.8) is 0 Å². The third-order valence-corrected chi connectivity index (χ3v) is 3.34. The lowest BCUT2D eigenvalue weighted by atomic mass is 10.0. The molecule has 20 heavy (non-hydrogen) atoms. The lowest BCUT2D eigenvalue weighted by molar-refractivity contribution is 0.403. The first-order valence-electron chi connectivity index (χ1n) is 6.83. The fourth-order valence-corrected chi connectivity index (χ4v) is 2.17. The summed E-state index contributed by atoms with van der Waals surface area (Å²) < 4.78 is 0. The van der Waals surface area contributed by atoms with Crippen LogP contribution >= 0.6 is 0 Å². The topological polar surface area (TPSA) is 52.8 Å². The summed E-state index contributed by atoms with van der Waals surface area (Å²) in [5, 5.41) is 19.3. The van der Waals surface area contributed by atoms with Gasteiger partial charge in [0.25, 0.3) is 0 Å². The van der Waals surface area contributed by atoms with Crippen molar-refractivity contribution in [1.82, 2.24) is 0 Å². The Morgan fingerprint density at radius 3 is 2.15 bits per heavy atom. The van der Waals surface area contributed by atoms with Crippen LogP contribution in [0.25, 0.3) is 0 Å². The van der Waals surface area contributed by atoms with Crippen molar-refractivity contribution in [3.8, 4) is 11.5 Å². The number of nitrogens with zero attached hydrogens (tertiary/aromatic N) is 1. The molecule has 0 amide bonds. The number of phenols is 2. The summed E-state index contributed by atoms with van der Waals surface area (Å²) in [4.78, 5) is 4.52. The predicted octanol–water partition coefficient (Wildman–Crippen LogP) is 3.97. The molecule has 0 heterocycles. The lowest BCUT2D eigenvalue weighted by Gasteiger charge is -2.08. The second-order valence-corrected chi connectivity index (χ2v) is 4.61. The zero-order valence-corrected chi connectivity index (χ0v) is 11.8. The van der Waals surface area contributed by atoms with Crippen LogP contribution in [-0.2, 0) is 12.8 Å². The van der Waals surface area contributed by atoms with Gasteiger partial charge >= 0.3 is 0 Å². The van der Waals surface area contributed by atoms with E-state index in [2.05, 4.69) is 31.0 Å². The molecular formula is C17H19NO2. The van der Waals surface area contributed by atoms with Crippen LogP contribution in [0.1, 0.15) is 30.5 Å². The van der Waals surface area contributed by atoms with Crippen LogP contribution in [0.15, 0.2) is 41.4 Å². The maximum atomic E-state index is 9.79. The van der Waals surface area contributed by atoms with E-state index in [9.17, 15) is 10.2 Å².